The first-order valence-corrected chi connectivity index (χ1v) is 10.9. The van der Waals surface area contributed by atoms with Gasteiger partial charge in [0.05, 0.1) is 10.6 Å². The number of aryl methyl sites for hydroxylation is 1. The van der Waals surface area contributed by atoms with Gasteiger partial charge in [-0.1, -0.05) is 35.9 Å². The number of rotatable bonds is 6. The number of nitrogens with one attached hydrogen (secondary N) is 1. The maximum Gasteiger partial charge on any atom is 0.264 e. The molecule has 0 aliphatic heterocycles. The molecule has 3 aromatic carbocycles. The van der Waals surface area contributed by atoms with E-state index in [9.17, 15) is 13.2 Å². The summed E-state index contributed by atoms with van der Waals surface area (Å²) in [7, 11) is -3.81. The molecule has 150 valence electrons. The summed E-state index contributed by atoms with van der Waals surface area (Å²) in [5.74, 6) is -0.393. The topological polar surface area (TPSA) is 66.5 Å². The summed E-state index contributed by atoms with van der Waals surface area (Å²) in [6.07, 6.45) is 0. The second-order valence-corrected chi connectivity index (χ2v) is 8.75. The molecule has 0 spiro atoms. The van der Waals surface area contributed by atoms with Crippen LogP contribution in [0.2, 0.25) is 5.02 Å². The summed E-state index contributed by atoms with van der Waals surface area (Å²) in [6, 6.07) is 20.0. The van der Waals surface area contributed by atoms with Crippen molar-refractivity contribution in [1.82, 2.24) is 0 Å². The number of anilines is 2. The number of benzene rings is 3. The van der Waals surface area contributed by atoms with E-state index in [-0.39, 0.29) is 17.0 Å². The fraction of sp³-hybridized carbons (Fsp3) is 0.136. The molecule has 0 saturated heterocycles. The Labute approximate surface area is 176 Å². The predicted octanol–water partition coefficient (Wildman–Crippen LogP) is 5.12. The van der Waals surface area contributed by atoms with Crippen LogP contribution in [0.25, 0.3) is 0 Å². The third-order valence-corrected chi connectivity index (χ3v) is 6.59. The SMILES string of the molecule is CCN(c1ccccc1)S(=O)(=O)c1cccc(C(=O)Nc2ccc(Cl)cc2C)c1. The average Bonchev–Trinajstić information content (AvgIpc) is 2.71. The second-order valence-electron chi connectivity index (χ2n) is 6.45. The van der Waals surface area contributed by atoms with Crippen molar-refractivity contribution in [1.29, 1.82) is 0 Å². The van der Waals surface area contributed by atoms with Crippen LogP contribution in [0.5, 0.6) is 0 Å². The number of amides is 1. The van der Waals surface area contributed by atoms with Crippen LogP contribution in [0.4, 0.5) is 11.4 Å². The molecule has 0 fully saturated rings. The normalized spacial score (nSPS) is 11.1. The van der Waals surface area contributed by atoms with E-state index in [1.165, 1.54) is 16.4 Å². The monoisotopic (exact) mass is 428 g/mol. The minimum absolute atomic E-state index is 0.0590. The lowest BCUT2D eigenvalue weighted by Gasteiger charge is -2.23. The smallest absolute Gasteiger partial charge is 0.264 e. The van der Waals surface area contributed by atoms with Gasteiger partial charge in [-0.25, -0.2) is 8.42 Å². The van der Waals surface area contributed by atoms with Gasteiger partial charge >= 0.3 is 0 Å². The van der Waals surface area contributed by atoms with Crippen LogP contribution in [-0.4, -0.2) is 20.9 Å². The van der Waals surface area contributed by atoms with Crippen LogP contribution >= 0.6 is 11.6 Å². The number of carbonyl (C=O) groups excluding carboxylic acids is 1. The molecule has 0 unspecified atom stereocenters. The summed E-state index contributed by atoms with van der Waals surface area (Å²) in [5.41, 5.74) is 2.26. The molecule has 0 atom stereocenters. The van der Waals surface area contributed by atoms with Crippen LogP contribution in [-0.2, 0) is 10.0 Å². The highest BCUT2D eigenvalue weighted by atomic mass is 35.5. The highest BCUT2D eigenvalue weighted by Crippen LogP contribution is 2.25. The molecule has 3 rings (SSSR count). The number of hydrogen-bond donors (Lipinski definition) is 1. The lowest BCUT2D eigenvalue weighted by atomic mass is 10.1. The molecular weight excluding hydrogens is 408 g/mol. The molecule has 5 nitrogen and oxygen atoms in total. The molecule has 29 heavy (non-hydrogen) atoms. The Kier molecular flexibility index (Phi) is 6.25. The zero-order valence-corrected chi connectivity index (χ0v) is 17.7. The number of carbonyl (C=O) groups is 1. The van der Waals surface area contributed by atoms with Gasteiger partial charge in [0.1, 0.15) is 0 Å². The Hall–Kier alpha value is -2.83. The third-order valence-electron chi connectivity index (χ3n) is 4.45. The van der Waals surface area contributed by atoms with Crippen LogP contribution in [0.15, 0.2) is 77.7 Å². The Balaban J connectivity index is 1.91. The van der Waals surface area contributed by atoms with Gasteiger partial charge in [0.25, 0.3) is 15.9 Å². The molecule has 0 aliphatic rings. The first-order valence-electron chi connectivity index (χ1n) is 9.08. The minimum Gasteiger partial charge on any atom is -0.322 e. The number of sulfonamides is 1. The fourth-order valence-electron chi connectivity index (χ4n) is 2.97. The summed E-state index contributed by atoms with van der Waals surface area (Å²) in [5, 5.41) is 3.38. The number of halogens is 1. The molecule has 0 aliphatic carbocycles. The molecule has 0 bridgehead atoms. The van der Waals surface area contributed by atoms with Gasteiger partial charge in [0.15, 0.2) is 0 Å². The van der Waals surface area contributed by atoms with E-state index in [1.54, 1.807) is 61.5 Å². The Bertz CT molecular complexity index is 1130. The zero-order valence-electron chi connectivity index (χ0n) is 16.1. The third kappa shape index (κ3) is 4.60. The van der Waals surface area contributed by atoms with Gasteiger partial charge in [0.2, 0.25) is 0 Å². The zero-order chi connectivity index (χ0) is 21.0. The fourth-order valence-corrected chi connectivity index (χ4v) is 4.72. The largest absolute Gasteiger partial charge is 0.322 e. The van der Waals surface area contributed by atoms with Gasteiger partial charge in [-0.3, -0.25) is 9.10 Å². The number of hydrogen-bond acceptors (Lipinski definition) is 3. The first kappa shape index (κ1) is 20.9. The van der Waals surface area contributed by atoms with Gasteiger partial charge in [-0.2, -0.15) is 0 Å². The maximum absolute atomic E-state index is 13.2. The quantitative estimate of drug-likeness (QED) is 0.592. The van der Waals surface area contributed by atoms with E-state index in [1.807, 2.05) is 13.0 Å². The van der Waals surface area contributed by atoms with E-state index in [0.717, 1.165) is 5.56 Å². The van der Waals surface area contributed by atoms with Crippen molar-refractivity contribution in [3.8, 4) is 0 Å². The predicted molar refractivity (Wildman–Crippen MR) is 117 cm³/mol. The first-order chi connectivity index (χ1) is 13.8. The van der Waals surface area contributed by atoms with Crippen LogP contribution in [0, 0.1) is 6.92 Å². The second kappa shape index (κ2) is 8.68. The molecular formula is C22H21ClN2O3S. The lowest BCUT2D eigenvalue weighted by molar-refractivity contribution is 0.102. The molecule has 0 saturated carbocycles. The highest BCUT2D eigenvalue weighted by Gasteiger charge is 2.24. The standard InChI is InChI=1S/C22H21ClN2O3S/c1-3-25(19-9-5-4-6-10-19)29(27,28)20-11-7-8-17(15-20)22(26)24-21-13-12-18(23)14-16(21)2/h4-15H,3H2,1-2H3,(H,24,26). The van der Waals surface area contributed by atoms with E-state index in [0.29, 0.717) is 16.4 Å². The molecule has 1 amide bonds. The van der Waals surface area contributed by atoms with Crippen LogP contribution in [0.3, 0.4) is 0 Å². The van der Waals surface area contributed by atoms with Crippen molar-refractivity contribution < 1.29 is 13.2 Å². The minimum atomic E-state index is -3.81. The molecule has 3 aromatic rings. The van der Waals surface area contributed by atoms with E-state index < -0.39 is 15.9 Å². The van der Waals surface area contributed by atoms with Crippen molar-refractivity contribution in [3.63, 3.8) is 0 Å². The molecule has 7 heteroatoms. The van der Waals surface area contributed by atoms with Crippen molar-refractivity contribution in [3.05, 3.63) is 88.9 Å². The van der Waals surface area contributed by atoms with Crippen molar-refractivity contribution in [2.75, 3.05) is 16.2 Å². The van der Waals surface area contributed by atoms with E-state index >= 15 is 0 Å². The molecule has 0 radical (unpaired) electrons. The van der Waals surface area contributed by atoms with Gasteiger partial charge in [-0.15, -0.1) is 0 Å². The molecule has 0 heterocycles. The molecule has 1 N–H and O–H groups in total. The average molecular weight is 429 g/mol. The van der Waals surface area contributed by atoms with Gasteiger partial charge < -0.3 is 5.32 Å². The van der Waals surface area contributed by atoms with E-state index in [4.69, 9.17) is 11.6 Å². The van der Waals surface area contributed by atoms with Gasteiger partial charge in [-0.05, 0) is 67.9 Å². The lowest BCUT2D eigenvalue weighted by Crippen LogP contribution is -2.31. The van der Waals surface area contributed by atoms with Crippen molar-refractivity contribution in [2.24, 2.45) is 0 Å². The van der Waals surface area contributed by atoms with E-state index in [2.05, 4.69) is 5.32 Å². The number of nitrogens with zero attached hydrogens (tertiary/aromatic N) is 1. The maximum atomic E-state index is 13.2. The summed E-state index contributed by atoms with van der Waals surface area (Å²) in [6.45, 7) is 3.87. The summed E-state index contributed by atoms with van der Waals surface area (Å²) < 4.78 is 27.6. The summed E-state index contributed by atoms with van der Waals surface area (Å²) >= 11 is 5.95. The Morgan fingerprint density at radius 1 is 1.00 bits per heavy atom. The van der Waals surface area contributed by atoms with Crippen LogP contribution < -0.4 is 9.62 Å². The summed E-state index contributed by atoms with van der Waals surface area (Å²) in [4.78, 5) is 12.7. The highest BCUT2D eigenvalue weighted by molar-refractivity contribution is 7.92. The van der Waals surface area contributed by atoms with Crippen molar-refractivity contribution >= 4 is 38.9 Å². The molecule has 0 aromatic heterocycles. The Morgan fingerprint density at radius 3 is 2.38 bits per heavy atom. The number of para-hydroxylation sites is 1. The van der Waals surface area contributed by atoms with Crippen molar-refractivity contribution in [2.45, 2.75) is 18.7 Å². The van der Waals surface area contributed by atoms with Crippen LogP contribution in [0.1, 0.15) is 22.8 Å². The van der Waals surface area contributed by atoms with Gasteiger partial charge in [0, 0.05) is 22.8 Å². The Morgan fingerprint density at radius 2 is 1.72 bits per heavy atom.